The van der Waals surface area contributed by atoms with Gasteiger partial charge in [0.25, 0.3) is 5.91 Å². The Morgan fingerprint density at radius 1 is 1.50 bits per heavy atom. The number of thioether (sulfide) groups is 1. The minimum atomic E-state index is -0.906. The number of carboxylic acids is 1. The molecule has 2 N–H and O–H groups in total. The summed E-state index contributed by atoms with van der Waals surface area (Å²) >= 11 is 9.58. The first-order chi connectivity index (χ1) is 11.3. The molecule has 6 nitrogen and oxygen atoms in total. The smallest absolute Gasteiger partial charge is 0.303 e. The highest BCUT2D eigenvalue weighted by Gasteiger charge is 2.31. The Bertz CT molecular complexity index is 735. The maximum atomic E-state index is 12.4. The molecule has 0 atom stereocenters. The highest BCUT2D eigenvalue weighted by Crippen LogP contribution is 2.38. The van der Waals surface area contributed by atoms with Crippen molar-refractivity contribution >= 4 is 62.2 Å². The first-order valence-electron chi connectivity index (χ1n) is 6.87. The van der Waals surface area contributed by atoms with Crippen molar-refractivity contribution < 1.29 is 24.5 Å². The molecule has 1 heterocycles. The summed E-state index contributed by atoms with van der Waals surface area (Å²) in [6.07, 6.45) is 1.98. The number of hydrogen-bond donors (Lipinski definition) is 2. The molecule has 1 saturated heterocycles. The summed E-state index contributed by atoms with van der Waals surface area (Å²) < 4.78 is 5.94. The number of rotatable bonds is 6. The molecule has 0 radical (unpaired) electrons. The molecule has 0 bridgehead atoms. The molecule has 1 aliphatic heterocycles. The Morgan fingerprint density at radius 3 is 2.83 bits per heavy atom. The Labute approximate surface area is 156 Å². The van der Waals surface area contributed by atoms with E-state index in [1.54, 1.807) is 18.2 Å². The van der Waals surface area contributed by atoms with E-state index in [-0.39, 0.29) is 30.4 Å². The summed E-state index contributed by atoms with van der Waals surface area (Å²) in [6.45, 7) is 0.275. The third-order valence-corrected chi connectivity index (χ3v) is 5.20. The zero-order valence-corrected chi connectivity index (χ0v) is 15.8. The normalized spacial score (nSPS) is 16.1. The number of benzene rings is 1. The van der Waals surface area contributed by atoms with Crippen molar-refractivity contribution in [2.45, 2.75) is 12.8 Å². The topological polar surface area (TPSA) is 87.1 Å². The quantitative estimate of drug-likeness (QED) is 0.527. The predicted molar refractivity (Wildman–Crippen MR) is 99.1 cm³/mol. The largest absolute Gasteiger partial charge is 0.503 e. The van der Waals surface area contributed by atoms with Gasteiger partial charge in [0.1, 0.15) is 4.32 Å². The van der Waals surface area contributed by atoms with Gasteiger partial charge in [0.15, 0.2) is 11.5 Å². The van der Waals surface area contributed by atoms with Crippen LogP contribution < -0.4 is 4.74 Å². The second-order valence-electron chi connectivity index (χ2n) is 4.88. The lowest BCUT2D eigenvalue weighted by molar-refractivity contribution is -0.137. The Kier molecular flexibility index (Phi) is 6.25. The van der Waals surface area contributed by atoms with Crippen molar-refractivity contribution in [1.29, 1.82) is 0 Å². The molecule has 0 spiro atoms. The van der Waals surface area contributed by atoms with Gasteiger partial charge in [-0.05, 0) is 46.1 Å². The standard InChI is InChI=1S/C15H14BrNO5S2/c1-22-10-6-8(5-9(16)13(10)20)7-11-14(21)17(15(23)24-11)4-2-3-12(18)19/h5-7,20H,2-4H2,1H3,(H,18,19). The molecule has 1 aromatic rings. The molecule has 0 saturated carbocycles. The lowest BCUT2D eigenvalue weighted by Gasteiger charge is -2.13. The molecule has 0 aromatic heterocycles. The van der Waals surface area contributed by atoms with Crippen LogP contribution in [0.4, 0.5) is 0 Å². The summed E-state index contributed by atoms with van der Waals surface area (Å²) in [5, 5.41) is 18.5. The lowest BCUT2D eigenvalue weighted by Crippen LogP contribution is -2.29. The van der Waals surface area contributed by atoms with Crippen molar-refractivity contribution in [2.24, 2.45) is 0 Å². The molecule has 1 aromatic carbocycles. The van der Waals surface area contributed by atoms with Crippen LogP contribution in [0.1, 0.15) is 18.4 Å². The number of carbonyl (C=O) groups is 2. The first-order valence-corrected chi connectivity index (χ1v) is 8.89. The second kappa shape index (κ2) is 8.00. The highest BCUT2D eigenvalue weighted by atomic mass is 79.9. The van der Waals surface area contributed by atoms with E-state index in [0.717, 1.165) is 11.8 Å². The van der Waals surface area contributed by atoms with Gasteiger partial charge in [0, 0.05) is 13.0 Å². The molecule has 0 unspecified atom stereocenters. The molecular weight excluding hydrogens is 418 g/mol. The summed E-state index contributed by atoms with van der Waals surface area (Å²) in [6, 6.07) is 3.27. The van der Waals surface area contributed by atoms with E-state index in [2.05, 4.69) is 15.9 Å². The Hall–Kier alpha value is -1.58. The fourth-order valence-electron chi connectivity index (χ4n) is 2.07. The zero-order chi connectivity index (χ0) is 17.9. The van der Waals surface area contributed by atoms with Gasteiger partial charge in [-0.1, -0.05) is 24.0 Å². The number of hydrogen-bond acceptors (Lipinski definition) is 6. The molecule has 128 valence electrons. The number of phenols is 1. The molecule has 2 rings (SSSR count). The Morgan fingerprint density at radius 2 is 2.21 bits per heavy atom. The Balaban J connectivity index is 2.19. The number of thiocarbonyl (C=S) groups is 1. The first kappa shape index (κ1) is 18.8. The maximum absolute atomic E-state index is 12.4. The molecule has 1 amide bonds. The van der Waals surface area contributed by atoms with E-state index >= 15 is 0 Å². The van der Waals surface area contributed by atoms with Crippen molar-refractivity contribution in [1.82, 2.24) is 4.90 Å². The average Bonchev–Trinajstić information content (AvgIpc) is 2.77. The zero-order valence-electron chi connectivity index (χ0n) is 12.6. The van der Waals surface area contributed by atoms with Gasteiger partial charge in [-0.25, -0.2) is 0 Å². The highest BCUT2D eigenvalue weighted by molar-refractivity contribution is 9.10. The number of amides is 1. The maximum Gasteiger partial charge on any atom is 0.303 e. The van der Waals surface area contributed by atoms with Gasteiger partial charge in [0.05, 0.1) is 16.5 Å². The summed E-state index contributed by atoms with van der Waals surface area (Å²) in [4.78, 5) is 24.8. The van der Waals surface area contributed by atoms with Crippen LogP contribution in [0, 0.1) is 0 Å². The van der Waals surface area contributed by atoms with Crippen LogP contribution in [0.5, 0.6) is 11.5 Å². The van der Waals surface area contributed by atoms with Gasteiger partial charge in [-0.3, -0.25) is 14.5 Å². The number of methoxy groups -OCH3 is 1. The molecule has 9 heteroatoms. The average molecular weight is 432 g/mol. The van der Waals surface area contributed by atoms with Gasteiger partial charge in [0.2, 0.25) is 0 Å². The van der Waals surface area contributed by atoms with Crippen LogP contribution >= 0.6 is 39.9 Å². The van der Waals surface area contributed by atoms with Gasteiger partial charge in [-0.15, -0.1) is 0 Å². The lowest BCUT2D eigenvalue weighted by atomic mass is 10.2. The number of phenolic OH excluding ortho intramolecular Hbond substituents is 1. The summed E-state index contributed by atoms with van der Waals surface area (Å²) in [5.74, 6) is -0.890. The van der Waals surface area contributed by atoms with Crippen molar-refractivity contribution in [3.8, 4) is 11.5 Å². The predicted octanol–water partition coefficient (Wildman–Crippen LogP) is 3.23. The van der Waals surface area contributed by atoms with E-state index < -0.39 is 5.97 Å². The molecular formula is C15H14BrNO5S2. The monoisotopic (exact) mass is 431 g/mol. The van der Waals surface area contributed by atoms with Crippen LogP contribution in [0.25, 0.3) is 6.08 Å². The number of nitrogens with zero attached hydrogens (tertiary/aromatic N) is 1. The molecule has 1 fully saturated rings. The minimum Gasteiger partial charge on any atom is -0.503 e. The summed E-state index contributed by atoms with van der Waals surface area (Å²) in [5.41, 5.74) is 0.669. The number of halogens is 1. The van der Waals surface area contributed by atoms with Crippen LogP contribution in [0.15, 0.2) is 21.5 Å². The minimum absolute atomic E-state index is 0.0157. The van der Waals surface area contributed by atoms with Crippen LogP contribution in [0.2, 0.25) is 0 Å². The number of carbonyl (C=O) groups excluding carboxylic acids is 1. The van der Waals surface area contributed by atoms with E-state index in [1.165, 1.54) is 12.0 Å². The number of ether oxygens (including phenoxy) is 1. The van der Waals surface area contributed by atoms with Crippen LogP contribution in [-0.2, 0) is 9.59 Å². The van der Waals surface area contributed by atoms with Crippen molar-refractivity contribution in [3.05, 3.63) is 27.1 Å². The SMILES string of the molecule is COc1cc(C=C2SC(=S)N(CCCC(=O)O)C2=O)cc(Br)c1O. The fourth-order valence-corrected chi connectivity index (χ4v) is 3.83. The van der Waals surface area contributed by atoms with E-state index in [4.69, 9.17) is 22.1 Å². The van der Waals surface area contributed by atoms with Crippen LogP contribution in [0.3, 0.4) is 0 Å². The number of carboxylic acid groups (broad SMARTS) is 1. The number of aliphatic carboxylic acids is 1. The van der Waals surface area contributed by atoms with E-state index in [9.17, 15) is 14.7 Å². The van der Waals surface area contributed by atoms with Gasteiger partial charge >= 0.3 is 5.97 Å². The third kappa shape index (κ3) is 4.28. The van der Waals surface area contributed by atoms with Crippen molar-refractivity contribution in [3.63, 3.8) is 0 Å². The van der Waals surface area contributed by atoms with E-state index in [0.29, 0.717) is 25.7 Å². The van der Waals surface area contributed by atoms with Crippen molar-refractivity contribution in [2.75, 3.05) is 13.7 Å². The van der Waals surface area contributed by atoms with Crippen LogP contribution in [-0.4, -0.2) is 45.0 Å². The molecule has 24 heavy (non-hydrogen) atoms. The number of aromatic hydroxyl groups is 1. The second-order valence-corrected chi connectivity index (χ2v) is 7.41. The van der Waals surface area contributed by atoms with Gasteiger partial charge < -0.3 is 14.9 Å². The third-order valence-electron chi connectivity index (χ3n) is 3.21. The molecule has 1 aliphatic rings. The summed E-state index contributed by atoms with van der Waals surface area (Å²) in [7, 11) is 1.44. The fraction of sp³-hybridized carbons (Fsp3) is 0.267. The van der Waals surface area contributed by atoms with E-state index in [1.807, 2.05) is 0 Å². The molecule has 0 aliphatic carbocycles. The van der Waals surface area contributed by atoms with Gasteiger partial charge in [-0.2, -0.15) is 0 Å².